The van der Waals surface area contributed by atoms with E-state index in [9.17, 15) is 23.1 Å². The van der Waals surface area contributed by atoms with Crippen molar-refractivity contribution in [3.63, 3.8) is 0 Å². The van der Waals surface area contributed by atoms with Gasteiger partial charge in [0, 0.05) is 26.3 Å². The molecule has 1 aliphatic rings. The Morgan fingerprint density at radius 1 is 1.25 bits per heavy atom. The van der Waals surface area contributed by atoms with Gasteiger partial charge in [-0.2, -0.15) is 4.31 Å². The number of carbonyl (C=O) groups is 2. The number of carboxylic acid groups (broad SMARTS) is 1. The van der Waals surface area contributed by atoms with E-state index in [0.717, 1.165) is 36.0 Å². The smallest absolute Gasteiger partial charge is 0.311 e. The summed E-state index contributed by atoms with van der Waals surface area (Å²) in [5, 5.41) is 12.9. The van der Waals surface area contributed by atoms with E-state index < -0.39 is 22.3 Å². The first-order chi connectivity index (χ1) is 19.1. The lowest BCUT2D eigenvalue weighted by atomic mass is 9.86. The van der Waals surface area contributed by atoms with Gasteiger partial charge in [-0.05, 0) is 62.1 Å². The number of benzene rings is 1. The zero-order valence-corrected chi connectivity index (χ0v) is 24.3. The van der Waals surface area contributed by atoms with E-state index in [2.05, 4.69) is 12.2 Å². The third kappa shape index (κ3) is 6.37. The summed E-state index contributed by atoms with van der Waals surface area (Å²) in [6, 6.07) is 9.75. The number of nitrogens with one attached hydrogen (secondary N) is 1. The van der Waals surface area contributed by atoms with Gasteiger partial charge in [-0.15, -0.1) is 0 Å². The largest absolute Gasteiger partial charge is 0.481 e. The number of carboxylic acids is 1. The Kier molecular flexibility index (Phi) is 9.27. The summed E-state index contributed by atoms with van der Waals surface area (Å²) in [6.07, 6.45) is 3.40. The Balaban J connectivity index is 1.69. The van der Waals surface area contributed by atoms with Gasteiger partial charge in [-0.3, -0.25) is 9.59 Å². The van der Waals surface area contributed by atoms with E-state index in [1.165, 1.54) is 11.4 Å². The minimum absolute atomic E-state index is 0.0328. The first kappa shape index (κ1) is 29.7. The number of rotatable bonds is 14. The van der Waals surface area contributed by atoms with Gasteiger partial charge < -0.3 is 19.6 Å². The van der Waals surface area contributed by atoms with Crippen LogP contribution in [0.3, 0.4) is 0 Å². The summed E-state index contributed by atoms with van der Waals surface area (Å²) in [5.74, 6) is -0.622. The SMILES string of the molecule is CCc1ccc(-c2oc3nc(CN(CCCC(C)(COC)C(=O)O)[SH](=O)=O)c(C4CC4)cc3c2C(=O)NC)cc1. The third-order valence-electron chi connectivity index (χ3n) is 7.58. The number of amides is 1. The molecule has 1 aliphatic carbocycles. The van der Waals surface area contributed by atoms with Crippen LogP contribution in [0.5, 0.6) is 0 Å². The van der Waals surface area contributed by atoms with Crippen molar-refractivity contribution in [1.29, 1.82) is 0 Å². The number of hydrogen-bond acceptors (Lipinski definition) is 7. The van der Waals surface area contributed by atoms with Crippen LogP contribution >= 0.6 is 0 Å². The molecule has 0 radical (unpaired) electrons. The van der Waals surface area contributed by atoms with Crippen molar-refractivity contribution in [2.45, 2.75) is 58.4 Å². The second kappa shape index (κ2) is 12.5. The number of carbonyl (C=O) groups excluding carboxylic acids is 1. The molecule has 1 unspecified atom stereocenters. The molecule has 1 saturated carbocycles. The first-order valence-electron chi connectivity index (χ1n) is 13.5. The average molecular weight is 572 g/mol. The monoisotopic (exact) mass is 571 g/mol. The highest BCUT2D eigenvalue weighted by molar-refractivity contribution is 7.69. The normalized spacial score (nSPS) is 15.1. The highest BCUT2D eigenvalue weighted by Crippen LogP contribution is 2.44. The van der Waals surface area contributed by atoms with Gasteiger partial charge >= 0.3 is 5.97 Å². The van der Waals surface area contributed by atoms with Crippen molar-refractivity contribution >= 4 is 33.9 Å². The molecule has 2 aromatic heterocycles. The zero-order valence-electron chi connectivity index (χ0n) is 23.4. The van der Waals surface area contributed by atoms with Crippen LogP contribution in [0.1, 0.15) is 72.6 Å². The summed E-state index contributed by atoms with van der Waals surface area (Å²) in [4.78, 5) is 29.5. The maximum atomic E-state index is 13.0. The molecule has 0 aliphatic heterocycles. The Bertz CT molecular complexity index is 1450. The molecule has 2 heterocycles. The van der Waals surface area contributed by atoms with Crippen LogP contribution in [0.25, 0.3) is 22.4 Å². The van der Waals surface area contributed by atoms with Crippen molar-refractivity contribution in [2.24, 2.45) is 5.41 Å². The molecule has 10 nitrogen and oxygen atoms in total. The maximum absolute atomic E-state index is 13.0. The lowest BCUT2D eigenvalue weighted by Gasteiger charge is -2.25. The number of methoxy groups -OCH3 is 1. The quantitative estimate of drug-likeness (QED) is 0.245. The van der Waals surface area contributed by atoms with Gasteiger partial charge in [0.2, 0.25) is 16.6 Å². The summed E-state index contributed by atoms with van der Waals surface area (Å²) in [5.41, 5.74) is 2.97. The molecule has 216 valence electrons. The van der Waals surface area contributed by atoms with Crippen LogP contribution in [0.4, 0.5) is 0 Å². The highest BCUT2D eigenvalue weighted by atomic mass is 32.2. The summed E-state index contributed by atoms with van der Waals surface area (Å²) in [7, 11) is 0.0646. The fraction of sp³-hybridized carbons (Fsp3) is 0.483. The van der Waals surface area contributed by atoms with Crippen molar-refractivity contribution < 1.29 is 32.3 Å². The Morgan fingerprint density at radius 2 is 1.95 bits per heavy atom. The van der Waals surface area contributed by atoms with Crippen molar-refractivity contribution in [3.05, 3.63) is 52.7 Å². The molecule has 1 atom stereocenters. The Hall–Kier alpha value is -3.28. The summed E-state index contributed by atoms with van der Waals surface area (Å²) < 4.78 is 37.0. The van der Waals surface area contributed by atoms with Crippen LogP contribution in [0, 0.1) is 5.41 Å². The molecule has 0 bridgehead atoms. The maximum Gasteiger partial charge on any atom is 0.311 e. The molecule has 4 rings (SSSR count). The molecular weight excluding hydrogens is 534 g/mol. The van der Waals surface area contributed by atoms with Crippen molar-refractivity contribution in [1.82, 2.24) is 14.6 Å². The van der Waals surface area contributed by atoms with E-state index in [1.54, 1.807) is 14.0 Å². The van der Waals surface area contributed by atoms with Gasteiger partial charge in [-0.1, -0.05) is 31.2 Å². The molecule has 40 heavy (non-hydrogen) atoms. The van der Waals surface area contributed by atoms with E-state index in [0.29, 0.717) is 28.8 Å². The number of thiol groups is 1. The third-order valence-corrected chi connectivity index (χ3v) is 8.38. The van der Waals surface area contributed by atoms with Crippen LogP contribution in [-0.2, 0) is 33.4 Å². The first-order valence-corrected chi connectivity index (χ1v) is 14.6. The topological polar surface area (TPSA) is 139 Å². The van der Waals surface area contributed by atoms with E-state index in [-0.39, 0.29) is 43.7 Å². The summed E-state index contributed by atoms with van der Waals surface area (Å²) in [6.45, 7) is 3.87. The number of fused-ring (bicyclic) bond motifs is 1. The standard InChI is InChI=1S/C29H37N3O7S/c1-5-18-7-9-20(10-8-18)25-24(26(33)30-3)22-15-21(19-11-12-19)23(31-27(22)39-25)16-32(40(36)37)14-6-13-29(2,17-38-4)28(34)35/h7-10,15,19,40H,5-6,11-14,16-17H2,1-4H3,(H,30,33)(H,34,35). The fourth-order valence-electron chi connectivity index (χ4n) is 5.00. The predicted octanol–water partition coefficient (Wildman–Crippen LogP) is 4.14. The molecule has 1 fully saturated rings. The number of nitrogens with zero attached hydrogens (tertiary/aromatic N) is 2. The second-order valence-corrected chi connectivity index (χ2v) is 11.7. The molecule has 0 saturated heterocycles. The number of aromatic nitrogens is 1. The van der Waals surface area contributed by atoms with Crippen LogP contribution in [-0.4, -0.2) is 62.0 Å². The molecule has 3 aromatic rings. The van der Waals surface area contributed by atoms with Crippen molar-refractivity contribution in [2.75, 3.05) is 27.3 Å². The van der Waals surface area contributed by atoms with Gasteiger partial charge in [-0.25, -0.2) is 13.4 Å². The van der Waals surface area contributed by atoms with Crippen molar-refractivity contribution in [3.8, 4) is 11.3 Å². The Labute approximate surface area is 235 Å². The average Bonchev–Trinajstić information content (AvgIpc) is 3.72. The molecule has 11 heteroatoms. The summed E-state index contributed by atoms with van der Waals surface area (Å²) >= 11 is 0. The van der Waals surface area contributed by atoms with E-state index in [1.807, 2.05) is 30.3 Å². The van der Waals surface area contributed by atoms with Gasteiger partial charge in [0.15, 0.2) is 0 Å². The van der Waals surface area contributed by atoms with Gasteiger partial charge in [0.05, 0.1) is 35.2 Å². The number of aliphatic carboxylic acids is 1. The molecule has 1 aromatic carbocycles. The fourth-order valence-corrected chi connectivity index (χ4v) is 5.55. The minimum Gasteiger partial charge on any atom is -0.481 e. The van der Waals surface area contributed by atoms with E-state index in [4.69, 9.17) is 14.1 Å². The van der Waals surface area contributed by atoms with Crippen LogP contribution < -0.4 is 5.32 Å². The van der Waals surface area contributed by atoms with Gasteiger partial charge in [0.25, 0.3) is 5.91 Å². The number of hydrogen-bond donors (Lipinski definition) is 3. The predicted molar refractivity (Wildman–Crippen MR) is 152 cm³/mol. The lowest BCUT2D eigenvalue weighted by Crippen LogP contribution is -2.34. The van der Waals surface area contributed by atoms with Gasteiger partial charge in [0.1, 0.15) is 5.76 Å². The Morgan fingerprint density at radius 3 is 2.50 bits per heavy atom. The highest BCUT2D eigenvalue weighted by Gasteiger charge is 2.34. The lowest BCUT2D eigenvalue weighted by molar-refractivity contribution is -0.151. The zero-order chi connectivity index (χ0) is 29.0. The molecular formula is C29H37N3O7S. The second-order valence-electron chi connectivity index (χ2n) is 10.6. The minimum atomic E-state index is -2.95. The number of ether oxygens (including phenoxy) is 1. The van der Waals surface area contributed by atoms with Crippen LogP contribution in [0.2, 0.25) is 0 Å². The number of pyridine rings is 1. The van der Waals surface area contributed by atoms with E-state index >= 15 is 0 Å². The van der Waals surface area contributed by atoms with Crippen LogP contribution in [0.15, 0.2) is 34.7 Å². The molecule has 2 N–H and O–H groups in total. The molecule has 1 amide bonds. The number of aryl methyl sites for hydroxylation is 1. The molecule has 0 spiro atoms. The number of furan rings is 1.